The lowest BCUT2D eigenvalue weighted by atomic mass is 10.2. The zero-order valence-electron chi connectivity index (χ0n) is 15.5. The van der Waals surface area contributed by atoms with Gasteiger partial charge in [0.05, 0.1) is 11.3 Å². The zero-order valence-corrected chi connectivity index (χ0v) is 15.5. The predicted molar refractivity (Wildman–Crippen MR) is 101 cm³/mol. The fourth-order valence-electron chi connectivity index (χ4n) is 2.72. The highest BCUT2D eigenvalue weighted by Gasteiger charge is 2.10. The van der Waals surface area contributed by atoms with Crippen molar-refractivity contribution in [3.05, 3.63) is 65.0 Å². The molecule has 0 unspecified atom stereocenters. The molecule has 1 amide bonds. The molecule has 140 valence electrons. The second kappa shape index (κ2) is 7.94. The molecule has 8 heteroatoms. The Labute approximate surface area is 156 Å². The van der Waals surface area contributed by atoms with Gasteiger partial charge in [0.15, 0.2) is 5.82 Å². The van der Waals surface area contributed by atoms with Crippen molar-refractivity contribution in [2.24, 2.45) is 0 Å². The minimum absolute atomic E-state index is 0.0298. The summed E-state index contributed by atoms with van der Waals surface area (Å²) in [6.07, 6.45) is 0. The number of benzene rings is 1. The maximum atomic E-state index is 13.6. The molecule has 2 aromatic heterocycles. The van der Waals surface area contributed by atoms with Gasteiger partial charge >= 0.3 is 0 Å². The molecule has 0 atom stereocenters. The average molecular weight is 368 g/mol. The molecule has 2 heterocycles. The van der Waals surface area contributed by atoms with Crippen LogP contribution in [0.3, 0.4) is 0 Å². The fourth-order valence-corrected chi connectivity index (χ4v) is 2.72. The summed E-state index contributed by atoms with van der Waals surface area (Å²) < 4.78 is 15.4. The first-order chi connectivity index (χ1) is 12.9. The fraction of sp³-hybridized carbons (Fsp3) is 0.263. The van der Waals surface area contributed by atoms with E-state index in [9.17, 15) is 9.18 Å². The SMILES string of the molecule is Cc1cc(C)n(-c2cc(NCCNC(=O)c3ccccc3F)nc(C)n2)n1. The van der Waals surface area contributed by atoms with E-state index in [1.807, 2.05) is 19.9 Å². The minimum atomic E-state index is -0.538. The molecular formula is C19H21FN6O. The van der Waals surface area contributed by atoms with Crippen LogP contribution in [0.5, 0.6) is 0 Å². The number of rotatable bonds is 6. The van der Waals surface area contributed by atoms with Crippen molar-refractivity contribution in [2.75, 3.05) is 18.4 Å². The normalized spacial score (nSPS) is 10.7. The van der Waals surface area contributed by atoms with Crippen molar-refractivity contribution in [3.8, 4) is 5.82 Å². The number of aromatic nitrogens is 4. The maximum Gasteiger partial charge on any atom is 0.254 e. The van der Waals surface area contributed by atoms with Gasteiger partial charge in [-0.25, -0.2) is 19.0 Å². The first-order valence-electron chi connectivity index (χ1n) is 8.60. The smallest absolute Gasteiger partial charge is 0.254 e. The van der Waals surface area contributed by atoms with Gasteiger partial charge in [-0.15, -0.1) is 0 Å². The van der Waals surface area contributed by atoms with Crippen LogP contribution < -0.4 is 10.6 Å². The molecule has 3 rings (SSSR count). The molecule has 1 aromatic carbocycles. The summed E-state index contributed by atoms with van der Waals surface area (Å²) in [5.41, 5.74) is 1.92. The number of halogens is 1. The molecule has 0 saturated heterocycles. The Morgan fingerprint density at radius 2 is 1.89 bits per heavy atom. The highest BCUT2D eigenvalue weighted by Crippen LogP contribution is 2.13. The van der Waals surface area contributed by atoms with Crippen molar-refractivity contribution >= 4 is 11.7 Å². The lowest BCUT2D eigenvalue weighted by Crippen LogP contribution is -2.29. The van der Waals surface area contributed by atoms with E-state index < -0.39 is 11.7 Å². The third-order valence-electron chi connectivity index (χ3n) is 3.89. The van der Waals surface area contributed by atoms with Gasteiger partial charge in [-0.2, -0.15) is 5.10 Å². The highest BCUT2D eigenvalue weighted by atomic mass is 19.1. The predicted octanol–water partition coefficient (Wildman–Crippen LogP) is 2.57. The average Bonchev–Trinajstić information content (AvgIpc) is 2.97. The molecule has 0 aliphatic carbocycles. The van der Waals surface area contributed by atoms with Crippen molar-refractivity contribution < 1.29 is 9.18 Å². The third kappa shape index (κ3) is 4.46. The van der Waals surface area contributed by atoms with Crippen molar-refractivity contribution in [3.63, 3.8) is 0 Å². The summed E-state index contributed by atoms with van der Waals surface area (Å²) in [4.78, 5) is 20.8. The maximum absolute atomic E-state index is 13.6. The van der Waals surface area contributed by atoms with Gasteiger partial charge in [-0.05, 0) is 39.0 Å². The Morgan fingerprint density at radius 1 is 1.11 bits per heavy atom. The zero-order chi connectivity index (χ0) is 19.4. The van der Waals surface area contributed by atoms with E-state index >= 15 is 0 Å². The van der Waals surface area contributed by atoms with Crippen LogP contribution in [-0.4, -0.2) is 38.7 Å². The number of anilines is 1. The molecule has 0 fully saturated rings. The number of amides is 1. The highest BCUT2D eigenvalue weighted by molar-refractivity contribution is 5.94. The summed E-state index contributed by atoms with van der Waals surface area (Å²) in [6, 6.07) is 9.66. The Hall–Kier alpha value is -3.29. The van der Waals surface area contributed by atoms with E-state index in [1.54, 1.807) is 29.8 Å². The summed E-state index contributed by atoms with van der Waals surface area (Å²) >= 11 is 0. The van der Waals surface area contributed by atoms with Gasteiger partial charge in [0, 0.05) is 24.8 Å². The number of carbonyl (C=O) groups excluding carboxylic acids is 1. The number of hydrogen-bond acceptors (Lipinski definition) is 5. The van der Waals surface area contributed by atoms with Gasteiger partial charge in [-0.1, -0.05) is 12.1 Å². The molecule has 0 spiro atoms. The van der Waals surface area contributed by atoms with Crippen molar-refractivity contribution in [1.82, 2.24) is 25.1 Å². The molecule has 0 aliphatic rings. The number of hydrogen-bond donors (Lipinski definition) is 2. The molecule has 0 radical (unpaired) electrons. The summed E-state index contributed by atoms with van der Waals surface area (Å²) in [6.45, 7) is 6.46. The molecular weight excluding hydrogens is 347 g/mol. The van der Waals surface area contributed by atoms with E-state index in [0.717, 1.165) is 11.4 Å². The summed E-state index contributed by atoms with van der Waals surface area (Å²) in [5, 5.41) is 10.3. The Bertz CT molecular complexity index is 969. The van der Waals surface area contributed by atoms with Crippen LogP contribution in [0.4, 0.5) is 10.2 Å². The number of aryl methyl sites for hydroxylation is 3. The Kier molecular flexibility index (Phi) is 5.44. The second-order valence-electron chi connectivity index (χ2n) is 6.16. The van der Waals surface area contributed by atoms with Crippen LogP contribution in [0.1, 0.15) is 27.6 Å². The van der Waals surface area contributed by atoms with Crippen molar-refractivity contribution in [2.45, 2.75) is 20.8 Å². The monoisotopic (exact) mass is 368 g/mol. The Balaban J connectivity index is 1.61. The van der Waals surface area contributed by atoms with Gasteiger partial charge in [0.2, 0.25) is 0 Å². The topological polar surface area (TPSA) is 84.7 Å². The van der Waals surface area contributed by atoms with Crippen molar-refractivity contribution in [1.29, 1.82) is 0 Å². The van der Waals surface area contributed by atoms with E-state index in [2.05, 4.69) is 25.7 Å². The van der Waals surface area contributed by atoms with E-state index in [0.29, 0.717) is 30.5 Å². The van der Waals surface area contributed by atoms with Gasteiger partial charge in [0.25, 0.3) is 5.91 Å². The van der Waals surface area contributed by atoms with Gasteiger partial charge in [0.1, 0.15) is 17.5 Å². The standard InChI is InChI=1S/C19H21FN6O/c1-12-10-13(2)26(25-12)18-11-17(23-14(3)24-18)21-8-9-22-19(27)15-6-4-5-7-16(15)20/h4-7,10-11H,8-9H2,1-3H3,(H,22,27)(H,21,23,24). The van der Waals surface area contributed by atoms with Gasteiger partial charge in [-0.3, -0.25) is 4.79 Å². The van der Waals surface area contributed by atoms with Crippen LogP contribution in [0.2, 0.25) is 0 Å². The quantitative estimate of drug-likeness (QED) is 0.653. The van der Waals surface area contributed by atoms with Crippen LogP contribution in [0, 0.1) is 26.6 Å². The largest absolute Gasteiger partial charge is 0.368 e. The summed E-state index contributed by atoms with van der Waals surface area (Å²) in [5.74, 6) is 0.926. The van der Waals surface area contributed by atoms with Crippen LogP contribution in [0.15, 0.2) is 36.4 Å². The molecule has 0 aliphatic heterocycles. The van der Waals surface area contributed by atoms with E-state index in [1.165, 1.54) is 12.1 Å². The number of carbonyl (C=O) groups is 1. The lowest BCUT2D eigenvalue weighted by Gasteiger charge is -2.10. The molecule has 27 heavy (non-hydrogen) atoms. The minimum Gasteiger partial charge on any atom is -0.368 e. The summed E-state index contributed by atoms with van der Waals surface area (Å²) in [7, 11) is 0. The lowest BCUT2D eigenvalue weighted by molar-refractivity contribution is 0.0951. The van der Waals surface area contributed by atoms with E-state index in [4.69, 9.17) is 0 Å². The molecule has 2 N–H and O–H groups in total. The molecule has 0 bridgehead atoms. The van der Waals surface area contributed by atoms with Crippen LogP contribution in [0.25, 0.3) is 5.82 Å². The molecule has 7 nitrogen and oxygen atoms in total. The van der Waals surface area contributed by atoms with Crippen LogP contribution >= 0.6 is 0 Å². The molecule has 3 aromatic rings. The van der Waals surface area contributed by atoms with Gasteiger partial charge < -0.3 is 10.6 Å². The number of nitrogens with one attached hydrogen (secondary N) is 2. The molecule has 0 saturated carbocycles. The Morgan fingerprint density at radius 3 is 2.59 bits per heavy atom. The third-order valence-corrected chi connectivity index (χ3v) is 3.89. The first kappa shape index (κ1) is 18.5. The van der Waals surface area contributed by atoms with E-state index in [-0.39, 0.29) is 5.56 Å². The second-order valence-corrected chi connectivity index (χ2v) is 6.16. The first-order valence-corrected chi connectivity index (χ1v) is 8.60. The number of nitrogens with zero attached hydrogens (tertiary/aromatic N) is 4. The van der Waals surface area contributed by atoms with Crippen LogP contribution in [-0.2, 0) is 0 Å².